The van der Waals surface area contributed by atoms with Gasteiger partial charge in [-0.25, -0.2) is 4.98 Å². The molecule has 1 aliphatic heterocycles. The molecule has 112 valence electrons. The van der Waals surface area contributed by atoms with E-state index in [-0.39, 0.29) is 12.7 Å². The zero-order valence-electron chi connectivity index (χ0n) is 11.8. The minimum Gasteiger partial charge on any atom is -0.392 e. The zero-order chi connectivity index (χ0) is 14.5. The Labute approximate surface area is 133 Å². The summed E-state index contributed by atoms with van der Waals surface area (Å²) in [4.78, 5) is 4.69. The molecule has 1 unspecified atom stereocenters. The van der Waals surface area contributed by atoms with E-state index in [0.29, 0.717) is 0 Å². The summed E-state index contributed by atoms with van der Waals surface area (Å²) in [5.41, 5.74) is 3.40. The Morgan fingerprint density at radius 3 is 2.76 bits per heavy atom. The molecule has 0 saturated carbocycles. The van der Waals surface area contributed by atoms with Crippen molar-refractivity contribution in [2.75, 3.05) is 6.61 Å². The number of aromatic nitrogens is 1. The quantitative estimate of drug-likeness (QED) is 0.875. The lowest BCUT2D eigenvalue weighted by Crippen LogP contribution is -1.95. The highest BCUT2D eigenvalue weighted by molar-refractivity contribution is 7.97. The fraction of sp³-hybridized carbons (Fsp3) is 0.438. The molecule has 3 nitrogen and oxygen atoms in total. The molecule has 1 fully saturated rings. The van der Waals surface area contributed by atoms with Gasteiger partial charge in [-0.3, -0.25) is 0 Å². The molecular formula is C16H19NO2S2. The van der Waals surface area contributed by atoms with Crippen LogP contribution >= 0.6 is 23.1 Å². The predicted octanol–water partition coefficient (Wildman–Crippen LogP) is 3.92. The number of hydrogen-bond donors (Lipinski definition) is 1. The van der Waals surface area contributed by atoms with Gasteiger partial charge >= 0.3 is 0 Å². The van der Waals surface area contributed by atoms with Crippen molar-refractivity contribution in [3.63, 3.8) is 0 Å². The fourth-order valence-electron chi connectivity index (χ4n) is 2.32. The van der Waals surface area contributed by atoms with Gasteiger partial charge in [-0.2, -0.15) is 11.8 Å². The molecule has 0 radical (unpaired) electrons. The van der Waals surface area contributed by atoms with Gasteiger partial charge in [0.25, 0.3) is 0 Å². The summed E-state index contributed by atoms with van der Waals surface area (Å²) >= 11 is 3.59. The highest BCUT2D eigenvalue weighted by atomic mass is 32.2. The van der Waals surface area contributed by atoms with Gasteiger partial charge in [0.1, 0.15) is 11.1 Å². The zero-order valence-corrected chi connectivity index (χ0v) is 13.5. The van der Waals surface area contributed by atoms with Crippen molar-refractivity contribution in [1.29, 1.82) is 0 Å². The first-order chi connectivity index (χ1) is 10.3. The van der Waals surface area contributed by atoms with Crippen molar-refractivity contribution >= 4 is 23.1 Å². The van der Waals surface area contributed by atoms with E-state index in [0.717, 1.165) is 47.2 Å². The van der Waals surface area contributed by atoms with E-state index < -0.39 is 0 Å². The number of thiazole rings is 1. The molecule has 0 aliphatic carbocycles. The summed E-state index contributed by atoms with van der Waals surface area (Å²) in [7, 11) is 0. The molecule has 1 aliphatic rings. The minimum atomic E-state index is 0.109. The van der Waals surface area contributed by atoms with E-state index in [1.807, 2.05) is 23.9 Å². The van der Waals surface area contributed by atoms with E-state index in [9.17, 15) is 0 Å². The third kappa shape index (κ3) is 4.07. The number of nitrogens with zero attached hydrogens (tertiary/aromatic N) is 1. The molecule has 2 heterocycles. The molecule has 0 spiro atoms. The first-order valence-corrected chi connectivity index (χ1v) is 9.21. The summed E-state index contributed by atoms with van der Waals surface area (Å²) < 4.78 is 5.67. The van der Waals surface area contributed by atoms with Gasteiger partial charge in [-0.15, -0.1) is 11.3 Å². The van der Waals surface area contributed by atoms with Gasteiger partial charge in [-0.1, -0.05) is 24.3 Å². The van der Waals surface area contributed by atoms with Crippen LogP contribution in [0.5, 0.6) is 0 Å². The lowest BCUT2D eigenvalue weighted by Gasteiger charge is -2.04. The third-order valence-corrected chi connectivity index (χ3v) is 5.52. The second-order valence-corrected chi connectivity index (χ2v) is 7.02. The van der Waals surface area contributed by atoms with Gasteiger partial charge in [-0.05, 0) is 24.0 Å². The minimum absolute atomic E-state index is 0.109. The summed E-state index contributed by atoms with van der Waals surface area (Å²) in [6.45, 7) is 0.983. The van der Waals surface area contributed by atoms with Crippen LogP contribution in [0.2, 0.25) is 0 Å². The first-order valence-electron chi connectivity index (χ1n) is 7.17. The largest absolute Gasteiger partial charge is 0.392 e. The van der Waals surface area contributed by atoms with Crippen molar-refractivity contribution in [3.8, 4) is 0 Å². The number of hydrogen-bond acceptors (Lipinski definition) is 5. The van der Waals surface area contributed by atoms with Gasteiger partial charge in [0, 0.05) is 23.5 Å². The van der Waals surface area contributed by atoms with Crippen LogP contribution in [0, 0.1) is 0 Å². The van der Waals surface area contributed by atoms with Crippen molar-refractivity contribution in [2.45, 2.75) is 37.1 Å². The summed E-state index contributed by atoms with van der Waals surface area (Å²) in [6.07, 6.45) is 2.50. The number of thioether (sulfide) groups is 1. The Bertz CT molecular complexity index is 562. The van der Waals surface area contributed by atoms with Crippen LogP contribution in [0.3, 0.4) is 0 Å². The Morgan fingerprint density at radius 1 is 1.24 bits per heavy atom. The van der Waals surface area contributed by atoms with Gasteiger partial charge in [0.05, 0.1) is 12.3 Å². The average molecular weight is 321 g/mol. The first kappa shape index (κ1) is 15.0. The number of aliphatic hydroxyl groups excluding tert-OH is 1. The van der Waals surface area contributed by atoms with Crippen LogP contribution in [0.4, 0.5) is 0 Å². The van der Waals surface area contributed by atoms with E-state index in [1.54, 1.807) is 11.3 Å². The molecule has 1 aromatic carbocycles. The normalized spacial score (nSPS) is 18.2. The second-order valence-electron chi connectivity index (χ2n) is 5.15. The standard InChI is InChI=1S/C16H19NO2S2/c18-8-12-3-5-13(6-4-12)9-20-10-14-11-21-16(17-14)15-2-1-7-19-15/h3-6,11,15,18H,1-2,7-10H2. The molecule has 0 amide bonds. The molecule has 1 N–H and O–H groups in total. The highest BCUT2D eigenvalue weighted by Crippen LogP contribution is 2.31. The Hall–Kier alpha value is -0.880. The van der Waals surface area contributed by atoms with E-state index in [1.165, 1.54) is 5.56 Å². The van der Waals surface area contributed by atoms with Crippen LogP contribution in [0.25, 0.3) is 0 Å². The monoisotopic (exact) mass is 321 g/mol. The highest BCUT2D eigenvalue weighted by Gasteiger charge is 2.20. The topological polar surface area (TPSA) is 42.4 Å². The molecule has 21 heavy (non-hydrogen) atoms. The second kappa shape index (κ2) is 7.40. The summed E-state index contributed by atoms with van der Waals surface area (Å²) in [5.74, 6) is 1.91. The van der Waals surface area contributed by atoms with Gasteiger partial charge in [0.15, 0.2) is 0 Å². The Balaban J connectivity index is 1.48. The molecule has 1 aromatic heterocycles. The maximum Gasteiger partial charge on any atom is 0.122 e. The lowest BCUT2D eigenvalue weighted by molar-refractivity contribution is 0.111. The smallest absolute Gasteiger partial charge is 0.122 e. The molecule has 3 rings (SSSR count). The SMILES string of the molecule is OCc1ccc(CSCc2csc(C3CCCO3)n2)cc1. The Morgan fingerprint density at radius 2 is 2.05 bits per heavy atom. The summed E-state index contributed by atoms with van der Waals surface area (Å²) in [6, 6.07) is 8.12. The molecular weight excluding hydrogens is 302 g/mol. The van der Waals surface area contributed by atoms with Crippen molar-refractivity contribution in [3.05, 3.63) is 51.5 Å². The van der Waals surface area contributed by atoms with Crippen LogP contribution in [-0.4, -0.2) is 16.7 Å². The van der Waals surface area contributed by atoms with Crippen molar-refractivity contribution < 1.29 is 9.84 Å². The molecule has 2 aromatic rings. The Kier molecular flexibility index (Phi) is 5.30. The van der Waals surface area contributed by atoms with Crippen molar-refractivity contribution in [2.24, 2.45) is 0 Å². The maximum absolute atomic E-state index is 9.02. The van der Waals surface area contributed by atoms with Crippen molar-refractivity contribution in [1.82, 2.24) is 4.98 Å². The average Bonchev–Trinajstić information content (AvgIpc) is 3.19. The van der Waals surface area contributed by atoms with E-state index in [2.05, 4.69) is 17.5 Å². The summed E-state index contributed by atoms with van der Waals surface area (Å²) in [5, 5.41) is 12.3. The third-order valence-electron chi connectivity index (χ3n) is 3.50. The van der Waals surface area contributed by atoms with Gasteiger partial charge in [0.2, 0.25) is 0 Å². The van der Waals surface area contributed by atoms with Crippen LogP contribution in [0.15, 0.2) is 29.6 Å². The van der Waals surface area contributed by atoms with Crippen LogP contribution < -0.4 is 0 Å². The number of ether oxygens (including phenoxy) is 1. The van der Waals surface area contributed by atoms with Gasteiger partial charge < -0.3 is 9.84 Å². The van der Waals surface area contributed by atoms with Crippen LogP contribution in [-0.2, 0) is 22.8 Å². The fourth-order valence-corrected chi connectivity index (χ4v) is 4.22. The van der Waals surface area contributed by atoms with E-state index in [4.69, 9.17) is 14.8 Å². The van der Waals surface area contributed by atoms with Crippen LogP contribution in [0.1, 0.15) is 40.8 Å². The number of aliphatic hydroxyl groups is 1. The lowest BCUT2D eigenvalue weighted by atomic mass is 10.2. The molecule has 0 bridgehead atoms. The molecule has 1 atom stereocenters. The number of benzene rings is 1. The van der Waals surface area contributed by atoms with E-state index >= 15 is 0 Å². The number of rotatable bonds is 6. The predicted molar refractivity (Wildman–Crippen MR) is 87.4 cm³/mol. The maximum atomic E-state index is 9.02. The molecule has 1 saturated heterocycles. The molecule has 5 heteroatoms.